The molecule has 1 saturated heterocycles. The van der Waals surface area contributed by atoms with Crippen molar-refractivity contribution in [1.82, 2.24) is 20.6 Å². The number of hydrogen-bond donors (Lipinski definition) is 4. The van der Waals surface area contributed by atoms with E-state index in [-0.39, 0.29) is 17.9 Å². The second-order valence-corrected chi connectivity index (χ2v) is 9.84. The van der Waals surface area contributed by atoms with Crippen LogP contribution in [0.15, 0.2) is 41.7 Å². The van der Waals surface area contributed by atoms with Gasteiger partial charge in [-0.15, -0.1) is 11.3 Å². The Morgan fingerprint density at radius 1 is 1.17 bits per heavy atom. The fraction of sp³-hybridized carbons (Fsp3) is 0.519. The molecule has 36 heavy (non-hydrogen) atoms. The maximum Gasteiger partial charge on any atom is 0.243 e. The van der Waals surface area contributed by atoms with Gasteiger partial charge in [-0.2, -0.15) is 0 Å². The Morgan fingerprint density at radius 3 is 2.36 bits per heavy atom. The molecular weight excluding hydrogens is 472 g/mol. The van der Waals surface area contributed by atoms with E-state index in [2.05, 4.69) is 27.9 Å². The number of carbonyl (C=O) groups excluding carboxylic acids is 2. The molecule has 2 amide bonds. The highest BCUT2D eigenvalue weighted by atomic mass is 32.1. The van der Waals surface area contributed by atoms with Crippen LogP contribution < -0.4 is 22.3 Å². The second kappa shape index (κ2) is 15.3. The minimum Gasteiger partial charge on any atom is -0.401 e. The van der Waals surface area contributed by atoms with Crippen molar-refractivity contribution in [1.29, 1.82) is 0 Å². The van der Waals surface area contributed by atoms with E-state index >= 15 is 0 Å². The molecule has 1 unspecified atom stereocenters. The fourth-order valence-electron chi connectivity index (χ4n) is 4.19. The van der Waals surface area contributed by atoms with E-state index in [9.17, 15) is 9.59 Å². The van der Waals surface area contributed by atoms with Crippen LogP contribution >= 0.6 is 11.3 Å². The number of aryl methyl sites for hydroxylation is 1. The molecule has 1 atom stereocenters. The number of hydrazine groups is 1. The van der Waals surface area contributed by atoms with Gasteiger partial charge in [0.05, 0.1) is 16.1 Å². The number of allylic oxidation sites excluding steroid dienone is 1. The lowest BCUT2D eigenvalue weighted by molar-refractivity contribution is -0.139. The van der Waals surface area contributed by atoms with E-state index in [0.29, 0.717) is 31.1 Å². The first kappa shape index (κ1) is 29.3. The molecular formula is C27H42N6O2S. The average molecular weight is 515 g/mol. The maximum atomic E-state index is 12.7. The van der Waals surface area contributed by atoms with Gasteiger partial charge in [-0.3, -0.25) is 15.4 Å². The van der Waals surface area contributed by atoms with Crippen molar-refractivity contribution < 1.29 is 9.59 Å². The van der Waals surface area contributed by atoms with Gasteiger partial charge in [0.2, 0.25) is 11.8 Å². The predicted octanol–water partition coefficient (Wildman–Crippen LogP) is 4.21. The molecule has 1 aromatic heterocycles. The summed E-state index contributed by atoms with van der Waals surface area (Å²) in [6.45, 7) is 8.97. The predicted molar refractivity (Wildman–Crippen MR) is 147 cm³/mol. The summed E-state index contributed by atoms with van der Waals surface area (Å²) in [5, 5.41) is 3.03. The summed E-state index contributed by atoms with van der Waals surface area (Å²) in [7, 11) is 0. The Bertz CT molecular complexity index is 980. The molecule has 0 spiro atoms. The summed E-state index contributed by atoms with van der Waals surface area (Å²) >= 11 is 1.64. The van der Waals surface area contributed by atoms with Crippen molar-refractivity contribution in [3.8, 4) is 10.4 Å². The van der Waals surface area contributed by atoms with Crippen molar-refractivity contribution in [2.24, 2.45) is 17.5 Å². The highest BCUT2D eigenvalue weighted by Gasteiger charge is 2.35. The molecule has 2 aliphatic rings. The number of aromatic nitrogens is 1. The number of nitrogens with one attached hydrogen (secondary N) is 2. The summed E-state index contributed by atoms with van der Waals surface area (Å²) in [5.41, 5.74) is 13.2. The van der Waals surface area contributed by atoms with E-state index in [1.54, 1.807) is 18.3 Å². The zero-order valence-electron chi connectivity index (χ0n) is 22.0. The number of thiazole rings is 1. The minimum absolute atomic E-state index is 0.0261. The number of nitrogens with two attached hydrogens (primary N) is 2. The van der Waals surface area contributed by atoms with Crippen LogP contribution in [-0.2, 0) is 16.1 Å². The zero-order valence-corrected chi connectivity index (χ0v) is 22.9. The van der Waals surface area contributed by atoms with E-state index in [1.165, 1.54) is 17.5 Å². The van der Waals surface area contributed by atoms with Crippen LogP contribution in [0.5, 0.6) is 0 Å². The molecule has 0 radical (unpaired) electrons. The molecule has 2 heterocycles. The van der Waals surface area contributed by atoms with Crippen LogP contribution in [0.25, 0.3) is 10.4 Å². The smallest absolute Gasteiger partial charge is 0.243 e. The lowest BCUT2D eigenvalue weighted by Gasteiger charge is -2.29. The Labute approximate surface area is 219 Å². The number of amides is 2. The summed E-state index contributed by atoms with van der Waals surface area (Å²) in [6.07, 6.45) is 7.37. The Kier molecular flexibility index (Phi) is 12.4. The summed E-state index contributed by atoms with van der Waals surface area (Å²) in [6, 6.07) is 7.94. The lowest BCUT2D eigenvalue weighted by Crippen LogP contribution is -2.46. The van der Waals surface area contributed by atoms with Crippen molar-refractivity contribution in [3.05, 3.63) is 52.9 Å². The number of likely N-dealkylation sites (tertiary alicyclic amines) is 1. The van der Waals surface area contributed by atoms with Crippen molar-refractivity contribution in [2.45, 2.75) is 78.8 Å². The topological polar surface area (TPSA) is 126 Å². The third-order valence-electron chi connectivity index (χ3n) is 6.30. The Morgan fingerprint density at radius 2 is 1.86 bits per heavy atom. The van der Waals surface area contributed by atoms with E-state index in [4.69, 9.17) is 11.6 Å². The van der Waals surface area contributed by atoms with Gasteiger partial charge in [-0.25, -0.2) is 4.98 Å². The van der Waals surface area contributed by atoms with Crippen LogP contribution in [0.1, 0.15) is 70.6 Å². The van der Waals surface area contributed by atoms with Crippen LogP contribution in [0.4, 0.5) is 0 Å². The molecule has 1 saturated carbocycles. The van der Waals surface area contributed by atoms with Crippen LogP contribution in [0, 0.1) is 12.8 Å². The van der Waals surface area contributed by atoms with E-state index in [1.807, 2.05) is 43.3 Å². The molecule has 8 nitrogen and oxygen atoms in total. The van der Waals surface area contributed by atoms with Crippen LogP contribution in [-0.4, -0.2) is 34.3 Å². The Hall–Kier alpha value is -2.91. The third kappa shape index (κ3) is 8.64. The first-order chi connectivity index (χ1) is 17.4. The molecule has 0 bridgehead atoms. The number of nitrogens with zero attached hydrogens (tertiary/aromatic N) is 2. The zero-order chi connectivity index (χ0) is 26.5. The van der Waals surface area contributed by atoms with Gasteiger partial charge in [0.1, 0.15) is 6.04 Å². The lowest BCUT2D eigenvalue weighted by atomic mass is 9.82. The summed E-state index contributed by atoms with van der Waals surface area (Å²) in [5.74, 6) is 5.50. The van der Waals surface area contributed by atoms with Crippen LogP contribution in [0.3, 0.4) is 0 Å². The first-order valence-corrected chi connectivity index (χ1v) is 13.7. The molecule has 1 aliphatic carbocycles. The Balaban J connectivity index is 0.000000502. The van der Waals surface area contributed by atoms with Gasteiger partial charge >= 0.3 is 0 Å². The number of hydrogen-bond acceptors (Lipinski definition) is 7. The van der Waals surface area contributed by atoms with Gasteiger partial charge in [-0.05, 0) is 56.6 Å². The maximum absolute atomic E-state index is 12.7. The highest BCUT2D eigenvalue weighted by Crippen LogP contribution is 2.31. The fourth-order valence-corrected chi connectivity index (χ4v) is 5.00. The molecule has 6 N–H and O–H groups in total. The van der Waals surface area contributed by atoms with E-state index in [0.717, 1.165) is 42.5 Å². The quantitative estimate of drug-likeness (QED) is 0.324. The highest BCUT2D eigenvalue weighted by molar-refractivity contribution is 7.13. The minimum atomic E-state index is -0.299. The molecule has 1 aromatic carbocycles. The number of carbonyl (C=O) groups is 2. The third-order valence-corrected chi connectivity index (χ3v) is 7.28. The van der Waals surface area contributed by atoms with Crippen molar-refractivity contribution in [2.75, 3.05) is 6.54 Å². The van der Waals surface area contributed by atoms with Gasteiger partial charge in [0.25, 0.3) is 0 Å². The van der Waals surface area contributed by atoms with Crippen molar-refractivity contribution >= 4 is 23.2 Å². The summed E-state index contributed by atoms with van der Waals surface area (Å²) < 4.78 is 0. The first-order valence-electron chi connectivity index (χ1n) is 12.8. The average Bonchev–Trinajstić information content (AvgIpc) is 3.51. The van der Waals surface area contributed by atoms with Gasteiger partial charge < -0.3 is 21.4 Å². The van der Waals surface area contributed by atoms with Gasteiger partial charge in [0, 0.05) is 31.4 Å². The molecule has 4 rings (SSSR count). The molecule has 2 fully saturated rings. The van der Waals surface area contributed by atoms with Crippen LogP contribution in [0.2, 0.25) is 0 Å². The number of benzene rings is 1. The number of rotatable bonds is 7. The monoisotopic (exact) mass is 514 g/mol. The molecule has 1 aliphatic heterocycles. The molecule has 9 heteroatoms. The SMILES string of the molecule is C/C(N)=C/NN.CC.Cc1ncsc1-c1ccc(CNC(=O)C2CCCN2C(=O)CC2CCC2)cc1. The van der Waals surface area contributed by atoms with Gasteiger partial charge in [0.15, 0.2) is 0 Å². The normalized spacial score (nSPS) is 17.2. The van der Waals surface area contributed by atoms with Crippen molar-refractivity contribution in [3.63, 3.8) is 0 Å². The van der Waals surface area contributed by atoms with Gasteiger partial charge in [-0.1, -0.05) is 44.5 Å². The van der Waals surface area contributed by atoms with E-state index < -0.39 is 0 Å². The standard InChI is InChI=1S/C22H27N3O2S.C3H9N3.C2H6/c1-15-21(28-14-24-15)18-9-7-17(8-10-18)13-23-22(27)19-6-3-11-25(19)20(26)12-16-4-2-5-16;1-3(4)2-6-5;1-2/h7-10,14,16,19H,2-6,11-13H2,1H3,(H,23,27);2,6H,4-5H2,1H3;1-2H3/b;3-2-;. The molecule has 198 valence electrons. The largest absolute Gasteiger partial charge is 0.401 e. The second-order valence-electron chi connectivity index (χ2n) is 8.98. The molecule has 2 aromatic rings. The summed E-state index contributed by atoms with van der Waals surface area (Å²) in [4.78, 5) is 32.5.